The highest BCUT2D eigenvalue weighted by Crippen LogP contribution is 2.31. The summed E-state index contributed by atoms with van der Waals surface area (Å²) >= 11 is 3.15. The molecule has 0 spiro atoms. The number of rotatable bonds is 10. The molecule has 0 saturated carbocycles. The van der Waals surface area contributed by atoms with Gasteiger partial charge in [-0.15, -0.1) is 0 Å². The summed E-state index contributed by atoms with van der Waals surface area (Å²) in [6.45, 7) is 0.444. The van der Waals surface area contributed by atoms with Gasteiger partial charge in [-0.2, -0.15) is 0 Å². The maximum Gasteiger partial charge on any atom is 0.284 e. The maximum atomic E-state index is 12.8. The van der Waals surface area contributed by atoms with Crippen molar-refractivity contribution >= 4 is 49.3 Å². The molecule has 1 N–H and O–H groups in total. The molecule has 4 aromatic carbocycles. The molecule has 0 amide bonds. The molecular formula is C29H23BrN2O5. The molecule has 0 saturated heterocycles. The van der Waals surface area contributed by atoms with Crippen molar-refractivity contribution in [2.24, 2.45) is 0 Å². The van der Waals surface area contributed by atoms with Gasteiger partial charge in [-0.3, -0.25) is 14.9 Å². The fraction of sp³-hybridized carbons (Fsp3) is 0.138. The van der Waals surface area contributed by atoms with E-state index in [0.29, 0.717) is 23.2 Å². The molecule has 5 rings (SSSR count). The number of nitro benzene ring substituents is 1. The SMILES string of the molecule is O=C(CNC(CCOc1ccc2c(c1)oc1ccccc12)c1ccccc1)c1ccc(Br)c([N+](=O)[O-])c1. The van der Waals surface area contributed by atoms with Crippen LogP contribution in [-0.4, -0.2) is 23.9 Å². The zero-order valence-electron chi connectivity index (χ0n) is 19.7. The number of halogens is 1. The first-order chi connectivity index (χ1) is 18.0. The van der Waals surface area contributed by atoms with Crippen LogP contribution in [0.1, 0.15) is 28.4 Å². The van der Waals surface area contributed by atoms with Gasteiger partial charge >= 0.3 is 0 Å². The fourth-order valence-electron chi connectivity index (χ4n) is 4.31. The van der Waals surface area contributed by atoms with Gasteiger partial charge in [0.2, 0.25) is 0 Å². The van der Waals surface area contributed by atoms with Crippen molar-refractivity contribution in [2.75, 3.05) is 13.2 Å². The van der Waals surface area contributed by atoms with E-state index < -0.39 is 4.92 Å². The lowest BCUT2D eigenvalue weighted by atomic mass is 10.0. The van der Waals surface area contributed by atoms with E-state index in [-0.39, 0.29) is 29.6 Å². The summed E-state index contributed by atoms with van der Waals surface area (Å²) < 4.78 is 12.3. The average molecular weight is 559 g/mol. The minimum absolute atomic E-state index is 0.0310. The highest BCUT2D eigenvalue weighted by atomic mass is 79.9. The number of carbonyl (C=O) groups is 1. The van der Waals surface area contributed by atoms with Crippen LogP contribution in [0.5, 0.6) is 5.75 Å². The monoisotopic (exact) mass is 558 g/mol. The average Bonchev–Trinajstić information content (AvgIpc) is 3.29. The maximum absolute atomic E-state index is 12.8. The number of benzene rings is 4. The molecule has 0 fully saturated rings. The molecule has 7 nitrogen and oxygen atoms in total. The number of Topliss-reactive ketones (excluding diaryl/α,β-unsaturated/α-hetero) is 1. The Balaban J connectivity index is 1.26. The first-order valence-electron chi connectivity index (χ1n) is 11.8. The number of nitro groups is 1. The summed E-state index contributed by atoms with van der Waals surface area (Å²) in [4.78, 5) is 23.5. The fourth-order valence-corrected chi connectivity index (χ4v) is 4.70. The summed E-state index contributed by atoms with van der Waals surface area (Å²) in [6.07, 6.45) is 0.607. The molecular weight excluding hydrogens is 536 g/mol. The third kappa shape index (κ3) is 5.55. The van der Waals surface area contributed by atoms with E-state index in [4.69, 9.17) is 9.15 Å². The second-order valence-electron chi connectivity index (χ2n) is 8.58. The van der Waals surface area contributed by atoms with Crippen LogP contribution in [0.25, 0.3) is 21.9 Å². The number of nitrogens with zero attached hydrogens (tertiary/aromatic N) is 1. The van der Waals surface area contributed by atoms with Crippen molar-refractivity contribution in [2.45, 2.75) is 12.5 Å². The predicted molar refractivity (Wildman–Crippen MR) is 146 cm³/mol. The van der Waals surface area contributed by atoms with Crippen LogP contribution in [0.4, 0.5) is 5.69 Å². The van der Waals surface area contributed by atoms with E-state index in [1.54, 1.807) is 6.07 Å². The molecule has 0 radical (unpaired) electrons. The Hall–Kier alpha value is -4.01. The lowest BCUT2D eigenvalue weighted by Crippen LogP contribution is -2.29. The zero-order valence-corrected chi connectivity index (χ0v) is 21.3. The lowest BCUT2D eigenvalue weighted by molar-refractivity contribution is -0.385. The lowest BCUT2D eigenvalue weighted by Gasteiger charge is -2.19. The number of hydrogen-bond acceptors (Lipinski definition) is 6. The summed E-state index contributed by atoms with van der Waals surface area (Å²) in [5, 5.41) is 16.6. The van der Waals surface area contributed by atoms with Gasteiger partial charge in [0.25, 0.3) is 5.69 Å². The van der Waals surface area contributed by atoms with Crippen LogP contribution < -0.4 is 10.1 Å². The van der Waals surface area contributed by atoms with Gasteiger partial charge in [0.1, 0.15) is 16.9 Å². The van der Waals surface area contributed by atoms with E-state index in [0.717, 1.165) is 27.5 Å². The third-order valence-electron chi connectivity index (χ3n) is 6.20. The Bertz CT molecular complexity index is 1580. The highest BCUT2D eigenvalue weighted by Gasteiger charge is 2.18. The standard InChI is InChI=1S/C29H23BrN2O5/c30-24-13-10-20(16-26(24)32(34)35)27(33)18-31-25(19-6-2-1-3-7-19)14-15-36-21-11-12-23-22-8-4-5-9-28(22)37-29(23)17-21/h1-13,16-17,25,31H,14-15,18H2. The van der Waals surface area contributed by atoms with Gasteiger partial charge in [0.05, 0.1) is 22.5 Å². The Morgan fingerprint density at radius 2 is 1.70 bits per heavy atom. The highest BCUT2D eigenvalue weighted by molar-refractivity contribution is 9.10. The smallest absolute Gasteiger partial charge is 0.284 e. The second kappa shape index (κ2) is 10.9. The second-order valence-corrected chi connectivity index (χ2v) is 9.44. The van der Waals surface area contributed by atoms with Crippen molar-refractivity contribution in [3.63, 3.8) is 0 Å². The van der Waals surface area contributed by atoms with Crippen LogP contribution in [0.2, 0.25) is 0 Å². The number of para-hydroxylation sites is 1. The Morgan fingerprint density at radius 1 is 0.946 bits per heavy atom. The van der Waals surface area contributed by atoms with Crippen molar-refractivity contribution in [3.8, 4) is 5.75 Å². The topological polar surface area (TPSA) is 94.6 Å². The molecule has 5 aromatic rings. The number of nitrogens with one attached hydrogen (secondary N) is 1. The molecule has 37 heavy (non-hydrogen) atoms. The molecule has 0 aliphatic carbocycles. The van der Waals surface area contributed by atoms with Crippen molar-refractivity contribution in [3.05, 3.63) is 117 Å². The van der Waals surface area contributed by atoms with Crippen molar-refractivity contribution < 1.29 is 18.9 Å². The van der Waals surface area contributed by atoms with E-state index >= 15 is 0 Å². The molecule has 8 heteroatoms. The van der Waals surface area contributed by atoms with Gasteiger partial charge in [-0.05, 0) is 51.8 Å². The quantitative estimate of drug-likeness (QED) is 0.110. The summed E-state index contributed by atoms with van der Waals surface area (Å²) in [7, 11) is 0. The van der Waals surface area contributed by atoms with E-state index in [2.05, 4.69) is 21.2 Å². The molecule has 186 valence electrons. The number of hydrogen-bond donors (Lipinski definition) is 1. The summed E-state index contributed by atoms with van der Waals surface area (Å²) in [6, 6.07) is 27.8. The Labute approximate surface area is 221 Å². The number of carbonyl (C=O) groups excluding carboxylic acids is 1. The Morgan fingerprint density at radius 3 is 2.51 bits per heavy atom. The van der Waals surface area contributed by atoms with Gasteiger partial charge < -0.3 is 14.5 Å². The zero-order chi connectivity index (χ0) is 25.8. The van der Waals surface area contributed by atoms with Gasteiger partial charge in [-0.25, -0.2) is 0 Å². The molecule has 0 aliphatic rings. The van der Waals surface area contributed by atoms with Crippen LogP contribution in [0.15, 0.2) is 99.9 Å². The number of ketones is 1. The molecule has 1 unspecified atom stereocenters. The van der Waals surface area contributed by atoms with Gasteiger partial charge in [0, 0.05) is 40.9 Å². The Kier molecular flexibility index (Phi) is 7.30. The minimum atomic E-state index is -0.513. The summed E-state index contributed by atoms with van der Waals surface area (Å²) in [5.74, 6) is 0.476. The third-order valence-corrected chi connectivity index (χ3v) is 6.87. The van der Waals surface area contributed by atoms with Crippen LogP contribution in [-0.2, 0) is 0 Å². The van der Waals surface area contributed by atoms with Crippen molar-refractivity contribution in [1.82, 2.24) is 5.32 Å². The van der Waals surface area contributed by atoms with E-state index in [9.17, 15) is 14.9 Å². The number of furan rings is 1. The number of fused-ring (bicyclic) bond motifs is 3. The first kappa shape index (κ1) is 24.7. The molecule has 1 atom stereocenters. The van der Waals surface area contributed by atoms with Crippen LogP contribution >= 0.6 is 15.9 Å². The molecule has 0 bridgehead atoms. The van der Waals surface area contributed by atoms with Crippen LogP contribution in [0.3, 0.4) is 0 Å². The molecule has 1 heterocycles. The molecule has 1 aromatic heterocycles. The van der Waals surface area contributed by atoms with Crippen molar-refractivity contribution in [1.29, 1.82) is 0 Å². The van der Waals surface area contributed by atoms with Crippen LogP contribution in [0, 0.1) is 10.1 Å². The van der Waals surface area contributed by atoms with E-state index in [1.807, 2.05) is 72.8 Å². The molecule has 0 aliphatic heterocycles. The largest absolute Gasteiger partial charge is 0.493 e. The van der Waals surface area contributed by atoms with E-state index in [1.165, 1.54) is 12.1 Å². The van der Waals surface area contributed by atoms with Gasteiger partial charge in [0.15, 0.2) is 5.78 Å². The summed E-state index contributed by atoms with van der Waals surface area (Å²) in [5.41, 5.74) is 2.77. The normalized spacial score (nSPS) is 12.0. The predicted octanol–water partition coefficient (Wildman–Crippen LogP) is 7.24. The van der Waals surface area contributed by atoms with Gasteiger partial charge in [-0.1, -0.05) is 48.5 Å². The minimum Gasteiger partial charge on any atom is -0.493 e. The number of ether oxygens (including phenoxy) is 1. The first-order valence-corrected chi connectivity index (χ1v) is 12.6.